The number of benzene rings is 1. The minimum absolute atomic E-state index is 0.135. The predicted molar refractivity (Wildman–Crippen MR) is 87.4 cm³/mol. The van der Waals surface area contributed by atoms with Gasteiger partial charge in [0.1, 0.15) is 5.82 Å². The molecular formula is C18H21FN2O2. The third kappa shape index (κ3) is 4.36. The van der Waals surface area contributed by atoms with Gasteiger partial charge in [-0.05, 0) is 29.7 Å². The van der Waals surface area contributed by atoms with Crippen LogP contribution in [0.15, 0.2) is 42.6 Å². The molecule has 1 atom stereocenters. The zero-order valence-electron chi connectivity index (χ0n) is 13.5. The summed E-state index contributed by atoms with van der Waals surface area (Å²) in [6.07, 6.45) is 1.45. The fourth-order valence-electron chi connectivity index (χ4n) is 2.12. The lowest BCUT2D eigenvalue weighted by atomic mass is 9.87. The summed E-state index contributed by atoms with van der Waals surface area (Å²) >= 11 is 0. The molecule has 1 aromatic heterocycles. The van der Waals surface area contributed by atoms with Gasteiger partial charge >= 0.3 is 0 Å². The van der Waals surface area contributed by atoms with Gasteiger partial charge in [0, 0.05) is 11.8 Å². The molecule has 0 saturated carbocycles. The molecule has 23 heavy (non-hydrogen) atoms. The Balaban J connectivity index is 2.14. The number of halogens is 1. The van der Waals surface area contributed by atoms with E-state index in [1.807, 2.05) is 20.8 Å². The molecule has 2 rings (SSSR count). The topological polar surface area (TPSA) is 62.2 Å². The quantitative estimate of drug-likeness (QED) is 0.911. The molecular weight excluding hydrogens is 295 g/mol. The fourth-order valence-corrected chi connectivity index (χ4v) is 2.12. The van der Waals surface area contributed by atoms with Crippen LogP contribution < -0.4 is 5.32 Å². The summed E-state index contributed by atoms with van der Waals surface area (Å²) in [6, 6.07) is 9.09. The third-order valence-electron chi connectivity index (χ3n) is 3.68. The first-order valence-electron chi connectivity index (χ1n) is 7.45. The van der Waals surface area contributed by atoms with Crippen LogP contribution in [0.3, 0.4) is 0 Å². The summed E-state index contributed by atoms with van der Waals surface area (Å²) in [4.78, 5) is 16.5. The summed E-state index contributed by atoms with van der Waals surface area (Å²) in [6.45, 7) is 5.70. The Hall–Kier alpha value is -2.27. The largest absolute Gasteiger partial charge is 0.394 e. The molecule has 4 nitrogen and oxygen atoms in total. The average Bonchev–Trinajstić information content (AvgIpc) is 2.51. The highest BCUT2D eigenvalue weighted by Gasteiger charge is 2.25. The van der Waals surface area contributed by atoms with Gasteiger partial charge in [0.05, 0.1) is 23.9 Å². The van der Waals surface area contributed by atoms with Crippen molar-refractivity contribution in [1.29, 1.82) is 0 Å². The maximum Gasteiger partial charge on any atom is 0.253 e. The second-order valence-electron chi connectivity index (χ2n) is 6.52. The second-order valence-corrected chi connectivity index (χ2v) is 6.52. The molecule has 5 heteroatoms. The Morgan fingerprint density at radius 1 is 1.30 bits per heavy atom. The van der Waals surface area contributed by atoms with Crippen molar-refractivity contribution in [3.05, 3.63) is 54.0 Å². The lowest BCUT2D eigenvalue weighted by molar-refractivity contribution is 0.0847. The molecule has 1 aromatic carbocycles. The van der Waals surface area contributed by atoms with Crippen molar-refractivity contribution in [2.75, 3.05) is 6.61 Å². The standard InChI is InChI=1S/C18H21FN2O2/c1-18(2,3)16(11-22)21-17(23)13-7-8-15(20-10-13)12-5-4-6-14(19)9-12/h4-10,16,22H,11H2,1-3H3,(H,21,23)/t16-/m1/s1. The Morgan fingerprint density at radius 2 is 2.04 bits per heavy atom. The van der Waals surface area contributed by atoms with Gasteiger partial charge in [0.2, 0.25) is 0 Å². The Morgan fingerprint density at radius 3 is 2.57 bits per heavy atom. The van der Waals surface area contributed by atoms with E-state index in [1.165, 1.54) is 18.3 Å². The fraction of sp³-hybridized carbons (Fsp3) is 0.333. The van der Waals surface area contributed by atoms with E-state index in [2.05, 4.69) is 10.3 Å². The number of nitrogens with one attached hydrogen (secondary N) is 1. The van der Waals surface area contributed by atoms with Crippen LogP contribution in [0, 0.1) is 11.2 Å². The zero-order valence-corrected chi connectivity index (χ0v) is 13.5. The summed E-state index contributed by atoms with van der Waals surface area (Å²) in [5.74, 6) is -0.626. The van der Waals surface area contributed by atoms with Crippen LogP contribution in [0.25, 0.3) is 11.3 Å². The maximum atomic E-state index is 13.2. The molecule has 0 aliphatic carbocycles. The van der Waals surface area contributed by atoms with Crippen molar-refractivity contribution < 1.29 is 14.3 Å². The normalized spacial score (nSPS) is 12.7. The number of hydrogen-bond donors (Lipinski definition) is 2. The van der Waals surface area contributed by atoms with Gasteiger partial charge in [0.15, 0.2) is 0 Å². The first-order chi connectivity index (χ1) is 10.8. The first kappa shape index (κ1) is 17.1. The van der Waals surface area contributed by atoms with Crippen molar-refractivity contribution in [2.24, 2.45) is 5.41 Å². The SMILES string of the molecule is CC(C)(C)[C@@H](CO)NC(=O)c1ccc(-c2cccc(F)c2)nc1. The minimum Gasteiger partial charge on any atom is -0.394 e. The van der Waals surface area contributed by atoms with Gasteiger partial charge in [-0.15, -0.1) is 0 Å². The molecule has 0 unspecified atom stereocenters. The molecule has 1 amide bonds. The lowest BCUT2D eigenvalue weighted by Crippen LogP contribution is -2.46. The Labute approximate surface area is 135 Å². The number of nitrogens with zero attached hydrogens (tertiary/aromatic N) is 1. The summed E-state index contributed by atoms with van der Waals surface area (Å²) in [7, 11) is 0. The molecule has 122 valence electrons. The summed E-state index contributed by atoms with van der Waals surface area (Å²) < 4.78 is 13.2. The van der Waals surface area contributed by atoms with Crippen LogP contribution >= 0.6 is 0 Å². The summed E-state index contributed by atoms with van der Waals surface area (Å²) in [5, 5.41) is 12.2. The summed E-state index contributed by atoms with van der Waals surface area (Å²) in [5.41, 5.74) is 1.39. The van der Waals surface area contributed by atoms with Gasteiger partial charge < -0.3 is 10.4 Å². The number of aliphatic hydroxyl groups excluding tert-OH is 1. The molecule has 0 spiro atoms. The molecule has 2 aromatic rings. The highest BCUT2D eigenvalue weighted by atomic mass is 19.1. The van der Waals surface area contributed by atoms with Crippen molar-refractivity contribution >= 4 is 5.91 Å². The molecule has 0 fully saturated rings. The van der Waals surface area contributed by atoms with Crippen LogP contribution in [0.5, 0.6) is 0 Å². The van der Waals surface area contributed by atoms with Gasteiger partial charge in [-0.2, -0.15) is 0 Å². The highest BCUT2D eigenvalue weighted by molar-refractivity contribution is 5.94. The third-order valence-corrected chi connectivity index (χ3v) is 3.68. The average molecular weight is 316 g/mol. The van der Waals surface area contributed by atoms with Crippen molar-refractivity contribution in [1.82, 2.24) is 10.3 Å². The molecule has 2 N–H and O–H groups in total. The van der Waals surface area contributed by atoms with Crippen LogP contribution in [0.1, 0.15) is 31.1 Å². The predicted octanol–water partition coefficient (Wildman–Crippen LogP) is 3.02. The molecule has 0 aliphatic heterocycles. The molecule has 0 aliphatic rings. The van der Waals surface area contributed by atoms with Gasteiger partial charge in [-0.25, -0.2) is 4.39 Å². The molecule has 1 heterocycles. The second kappa shape index (κ2) is 6.87. The lowest BCUT2D eigenvalue weighted by Gasteiger charge is -2.29. The van der Waals surface area contributed by atoms with E-state index < -0.39 is 0 Å². The van der Waals surface area contributed by atoms with E-state index in [0.717, 1.165) is 0 Å². The molecule has 0 saturated heterocycles. The maximum absolute atomic E-state index is 13.2. The smallest absolute Gasteiger partial charge is 0.253 e. The van der Waals surface area contributed by atoms with E-state index >= 15 is 0 Å². The highest BCUT2D eigenvalue weighted by Crippen LogP contribution is 2.20. The van der Waals surface area contributed by atoms with Crippen molar-refractivity contribution in [3.8, 4) is 11.3 Å². The monoisotopic (exact) mass is 316 g/mol. The van der Waals surface area contributed by atoms with E-state index in [1.54, 1.807) is 24.3 Å². The van der Waals surface area contributed by atoms with Gasteiger partial charge in [0.25, 0.3) is 5.91 Å². The molecule has 0 bridgehead atoms. The number of aromatic nitrogens is 1. The number of carbonyl (C=O) groups is 1. The van der Waals surface area contributed by atoms with Crippen molar-refractivity contribution in [2.45, 2.75) is 26.8 Å². The van der Waals surface area contributed by atoms with Crippen molar-refractivity contribution in [3.63, 3.8) is 0 Å². The van der Waals surface area contributed by atoms with Gasteiger partial charge in [-0.3, -0.25) is 9.78 Å². The number of rotatable bonds is 4. The Bertz CT molecular complexity index is 678. The number of hydrogen-bond acceptors (Lipinski definition) is 3. The van der Waals surface area contributed by atoms with Crippen LogP contribution in [0.4, 0.5) is 4.39 Å². The zero-order chi connectivity index (χ0) is 17.0. The van der Waals surface area contributed by atoms with E-state index in [4.69, 9.17) is 0 Å². The molecule has 0 radical (unpaired) electrons. The number of aliphatic hydroxyl groups is 1. The number of carbonyl (C=O) groups excluding carboxylic acids is 1. The van der Waals surface area contributed by atoms with E-state index in [9.17, 15) is 14.3 Å². The van der Waals surface area contributed by atoms with Crippen LogP contribution in [-0.4, -0.2) is 28.6 Å². The minimum atomic E-state index is -0.349. The van der Waals surface area contributed by atoms with Gasteiger partial charge in [-0.1, -0.05) is 32.9 Å². The van der Waals surface area contributed by atoms with Crippen LogP contribution in [0.2, 0.25) is 0 Å². The number of amides is 1. The first-order valence-corrected chi connectivity index (χ1v) is 7.45. The van der Waals surface area contributed by atoms with E-state index in [-0.39, 0.29) is 29.8 Å². The van der Waals surface area contributed by atoms with Crippen LogP contribution in [-0.2, 0) is 0 Å². The Kier molecular flexibility index (Phi) is 5.11. The van der Waals surface area contributed by atoms with E-state index in [0.29, 0.717) is 16.8 Å². The number of pyridine rings is 1.